The van der Waals surface area contributed by atoms with Gasteiger partial charge < -0.3 is 5.11 Å². The van der Waals surface area contributed by atoms with Crippen molar-refractivity contribution >= 4 is 32.8 Å². The first-order valence-electron chi connectivity index (χ1n) is 8.30. The Morgan fingerprint density at radius 2 is 2.00 bits per heavy atom. The van der Waals surface area contributed by atoms with Crippen LogP contribution in [0.5, 0.6) is 0 Å². The number of aliphatic hydroxyl groups excluding tert-OH is 1. The number of hydrogen-bond donors (Lipinski definition) is 1. The van der Waals surface area contributed by atoms with Crippen molar-refractivity contribution in [3.8, 4) is 10.4 Å². The van der Waals surface area contributed by atoms with Crippen LogP contribution in [0.25, 0.3) is 10.4 Å². The fraction of sp³-hybridized carbons (Fsp3) is 0.333. The zero-order chi connectivity index (χ0) is 19.8. The van der Waals surface area contributed by atoms with E-state index in [4.69, 9.17) is 16.7 Å². The Hall–Kier alpha value is -1.74. The van der Waals surface area contributed by atoms with Crippen LogP contribution < -0.4 is 0 Å². The van der Waals surface area contributed by atoms with E-state index in [0.717, 1.165) is 32.5 Å². The number of aryl methyl sites for hydroxylation is 3. The monoisotopic (exact) mass is 425 g/mol. The number of benzene rings is 1. The number of sulfone groups is 1. The maximum atomic E-state index is 12.3. The highest BCUT2D eigenvalue weighted by molar-refractivity contribution is 7.91. The van der Waals surface area contributed by atoms with E-state index in [1.165, 1.54) is 11.3 Å². The number of aromatic nitrogens is 3. The Balaban J connectivity index is 1.98. The van der Waals surface area contributed by atoms with Gasteiger partial charge in [-0.05, 0) is 37.6 Å². The lowest BCUT2D eigenvalue weighted by atomic mass is 10.1. The molecule has 144 valence electrons. The minimum Gasteiger partial charge on any atom is -0.395 e. The van der Waals surface area contributed by atoms with Crippen LogP contribution >= 0.6 is 22.9 Å². The number of rotatable bonds is 6. The second-order valence-electron chi connectivity index (χ2n) is 6.29. The summed E-state index contributed by atoms with van der Waals surface area (Å²) in [5.41, 5.74) is 3.60. The van der Waals surface area contributed by atoms with Crippen LogP contribution in [0.2, 0.25) is 5.02 Å². The summed E-state index contributed by atoms with van der Waals surface area (Å²) in [6.07, 6.45) is 0.659. The summed E-state index contributed by atoms with van der Waals surface area (Å²) in [6, 6.07) is 6.95. The Labute approximate surface area is 167 Å². The summed E-state index contributed by atoms with van der Waals surface area (Å²) in [5, 5.41) is 14.5. The van der Waals surface area contributed by atoms with E-state index >= 15 is 0 Å². The van der Waals surface area contributed by atoms with Gasteiger partial charge in [0.15, 0.2) is 9.84 Å². The van der Waals surface area contributed by atoms with Gasteiger partial charge in [0.05, 0.1) is 43.6 Å². The molecule has 0 atom stereocenters. The summed E-state index contributed by atoms with van der Waals surface area (Å²) >= 11 is 7.62. The lowest BCUT2D eigenvalue weighted by Crippen LogP contribution is -2.10. The third-order valence-corrected chi connectivity index (χ3v) is 7.54. The van der Waals surface area contributed by atoms with Crippen molar-refractivity contribution < 1.29 is 13.5 Å². The topological polar surface area (TPSA) is 85.1 Å². The summed E-state index contributed by atoms with van der Waals surface area (Å²) in [6.45, 7) is 3.40. The van der Waals surface area contributed by atoms with E-state index in [1.54, 1.807) is 18.2 Å². The normalized spacial score (nSPS) is 11.9. The van der Waals surface area contributed by atoms with Gasteiger partial charge in [0, 0.05) is 19.2 Å². The first-order chi connectivity index (χ1) is 12.7. The SMILES string of the molecule is Cc1cc(Cc2nc(C)c(-c3ccc(Cl)c(S(=O)(=O)CCO)c3)s2)n(C)n1. The van der Waals surface area contributed by atoms with Crippen molar-refractivity contribution in [1.82, 2.24) is 14.8 Å². The molecular weight excluding hydrogens is 406 g/mol. The number of hydrogen-bond acceptors (Lipinski definition) is 6. The lowest BCUT2D eigenvalue weighted by molar-refractivity contribution is 0.319. The van der Waals surface area contributed by atoms with E-state index in [2.05, 4.69) is 10.1 Å². The van der Waals surface area contributed by atoms with E-state index in [1.807, 2.05) is 31.6 Å². The van der Waals surface area contributed by atoms with Crippen LogP contribution in [0.3, 0.4) is 0 Å². The quantitative estimate of drug-likeness (QED) is 0.655. The van der Waals surface area contributed by atoms with Gasteiger partial charge >= 0.3 is 0 Å². The van der Waals surface area contributed by atoms with E-state index < -0.39 is 16.4 Å². The zero-order valence-electron chi connectivity index (χ0n) is 15.2. The average molecular weight is 426 g/mol. The predicted molar refractivity (Wildman–Crippen MR) is 107 cm³/mol. The van der Waals surface area contributed by atoms with E-state index in [9.17, 15) is 8.42 Å². The van der Waals surface area contributed by atoms with Gasteiger partial charge in [0.25, 0.3) is 0 Å². The molecule has 3 aromatic rings. The maximum absolute atomic E-state index is 12.3. The van der Waals surface area contributed by atoms with Gasteiger partial charge in [-0.15, -0.1) is 11.3 Å². The number of aliphatic hydroxyl groups is 1. The van der Waals surface area contributed by atoms with Crippen LogP contribution in [0.4, 0.5) is 0 Å². The molecule has 2 heterocycles. The highest BCUT2D eigenvalue weighted by Crippen LogP contribution is 2.34. The summed E-state index contributed by atoms with van der Waals surface area (Å²) in [5.74, 6) is -0.358. The molecule has 3 rings (SSSR count). The molecular formula is C18H20ClN3O3S2. The van der Waals surface area contributed by atoms with Gasteiger partial charge in [0.1, 0.15) is 0 Å². The largest absolute Gasteiger partial charge is 0.395 e. The molecule has 1 aromatic carbocycles. The highest BCUT2D eigenvalue weighted by atomic mass is 35.5. The Morgan fingerprint density at radius 1 is 1.26 bits per heavy atom. The van der Waals surface area contributed by atoms with Gasteiger partial charge in [-0.2, -0.15) is 5.10 Å². The van der Waals surface area contributed by atoms with Crippen molar-refractivity contribution in [2.45, 2.75) is 25.2 Å². The fourth-order valence-electron chi connectivity index (χ4n) is 2.89. The minimum atomic E-state index is -3.64. The van der Waals surface area contributed by atoms with Crippen LogP contribution in [-0.2, 0) is 23.3 Å². The molecule has 0 aliphatic carbocycles. The Kier molecular flexibility index (Phi) is 5.71. The van der Waals surface area contributed by atoms with Crippen LogP contribution in [0.1, 0.15) is 22.1 Å². The third-order valence-electron chi connectivity index (χ3n) is 4.16. The summed E-state index contributed by atoms with van der Waals surface area (Å²) in [4.78, 5) is 5.58. The molecule has 0 amide bonds. The second-order valence-corrected chi connectivity index (χ2v) is 9.86. The fourth-order valence-corrected chi connectivity index (χ4v) is 5.57. The third kappa shape index (κ3) is 4.24. The van der Waals surface area contributed by atoms with Crippen molar-refractivity contribution in [3.63, 3.8) is 0 Å². The maximum Gasteiger partial charge on any atom is 0.182 e. The Morgan fingerprint density at radius 3 is 2.63 bits per heavy atom. The number of halogens is 1. The molecule has 0 fully saturated rings. The van der Waals surface area contributed by atoms with Gasteiger partial charge in [0.2, 0.25) is 0 Å². The van der Waals surface area contributed by atoms with Crippen LogP contribution in [0, 0.1) is 13.8 Å². The lowest BCUT2D eigenvalue weighted by Gasteiger charge is -2.07. The summed E-state index contributed by atoms with van der Waals surface area (Å²) in [7, 11) is -1.73. The van der Waals surface area contributed by atoms with Crippen molar-refractivity contribution in [1.29, 1.82) is 0 Å². The molecule has 0 saturated heterocycles. The van der Waals surface area contributed by atoms with Crippen molar-refractivity contribution in [2.24, 2.45) is 7.05 Å². The molecule has 0 aliphatic heterocycles. The van der Waals surface area contributed by atoms with E-state index in [-0.39, 0.29) is 15.7 Å². The van der Waals surface area contributed by atoms with Crippen LogP contribution in [0.15, 0.2) is 29.2 Å². The molecule has 0 bridgehead atoms. The highest BCUT2D eigenvalue weighted by Gasteiger charge is 2.20. The first kappa shape index (κ1) is 20.0. The molecule has 2 aromatic heterocycles. The van der Waals surface area contributed by atoms with Crippen molar-refractivity contribution in [2.75, 3.05) is 12.4 Å². The molecule has 27 heavy (non-hydrogen) atoms. The minimum absolute atomic E-state index is 0.0346. The molecule has 0 unspecified atom stereocenters. The first-order valence-corrected chi connectivity index (χ1v) is 11.2. The molecule has 0 radical (unpaired) electrons. The smallest absolute Gasteiger partial charge is 0.182 e. The zero-order valence-corrected chi connectivity index (χ0v) is 17.6. The van der Waals surface area contributed by atoms with Crippen LogP contribution in [-0.4, -0.2) is 40.6 Å². The van der Waals surface area contributed by atoms with E-state index in [0.29, 0.717) is 6.42 Å². The number of thiazole rings is 1. The summed E-state index contributed by atoms with van der Waals surface area (Å²) < 4.78 is 26.5. The van der Waals surface area contributed by atoms with Gasteiger partial charge in [-0.25, -0.2) is 13.4 Å². The van der Waals surface area contributed by atoms with Crippen molar-refractivity contribution in [3.05, 3.63) is 51.4 Å². The Bertz CT molecular complexity index is 1090. The standard InChI is InChI=1S/C18H20ClN3O3S2/c1-11-8-14(22(3)21-11)10-17-20-12(2)18(26-17)13-4-5-15(19)16(9-13)27(24,25)7-6-23/h4-5,8-9,23H,6-7,10H2,1-3H3. The molecule has 1 N–H and O–H groups in total. The predicted octanol–water partition coefficient (Wildman–Crippen LogP) is 3.17. The molecule has 0 aliphatic rings. The molecule has 0 saturated carbocycles. The average Bonchev–Trinajstić information content (AvgIpc) is 3.09. The molecule has 0 spiro atoms. The van der Waals surface area contributed by atoms with Gasteiger partial charge in [-0.1, -0.05) is 17.7 Å². The molecule has 9 heteroatoms. The number of nitrogens with zero attached hydrogens (tertiary/aromatic N) is 3. The van der Waals surface area contributed by atoms with Gasteiger partial charge in [-0.3, -0.25) is 4.68 Å². The molecule has 6 nitrogen and oxygen atoms in total. The second kappa shape index (κ2) is 7.71.